The Morgan fingerprint density at radius 1 is 1.33 bits per heavy atom. The van der Waals surface area contributed by atoms with Crippen LogP contribution in [0.4, 0.5) is 0 Å². The van der Waals surface area contributed by atoms with Gasteiger partial charge in [0.25, 0.3) is 0 Å². The summed E-state index contributed by atoms with van der Waals surface area (Å²) in [4.78, 5) is 24.6. The van der Waals surface area contributed by atoms with Crippen LogP contribution in [0.5, 0.6) is 11.5 Å². The molecule has 24 heavy (non-hydrogen) atoms. The van der Waals surface area contributed by atoms with Gasteiger partial charge in [-0.15, -0.1) is 0 Å². The molecule has 1 aromatic carbocycles. The van der Waals surface area contributed by atoms with E-state index in [1.165, 1.54) is 6.08 Å². The number of carboxylic acid groups (broad SMARTS) is 1. The number of ether oxygens (including phenoxy) is 3. The van der Waals surface area contributed by atoms with Crippen molar-refractivity contribution in [3.8, 4) is 11.5 Å². The zero-order chi connectivity index (χ0) is 17.5. The highest BCUT2D eigenvalue weighted by molar-refractivity contribution is 5.92. The van der Waals surface area contributed by atoms with E-state index in [0.29, 0.717) is 24.7 Å². The predicted octanol–water partition coefficient (Wildman–Crippen LogP) is 1.42. The number of carboxylic acids is 1. The molecule has 2 rings (SSSR count). The van der Waals surface area contributed by atoms with Crippen molar-refractivity contribution in [1.29, 1.82) is 0 Å². The molecule has 1 unspecified atom stereocenters. The molecule has 1 aromatic rings. The number of nitrogens with zero attached hydrogens (tertiary/aromatic N) is 1. The molecule has 130 valence electrons. The van der Waals surface area contributed by atoms with Gasteiger partial charge >= 0.3 is 5.97 Å². The standard InChI is InChI=1S/C17H21NO6/c1-22-14-5-3-12(9-15(14)23-2)4-6-16(19)18-7-8-24-13(11-18)10-17(20)21/h3-6,9,13H,7-8,10-11H2,1-2H3,(H,20,21). The average Bonchev–Trinajstić information content (AvgIpc) is 2.59. The number of morpholine rings is 1. The SMILES string of the molecule is COc1ccc(C=CC(=O)N2CCOC(CC(=O)O)C2)cc1OC. The topological polar surface area (TPSA) is 85.3 Å². The highest BCUT2D eigenvalue weighted by Crippen LogP contribution is 2.28. The molecule has 0 bridgehead atoms. The fourth-order valence-corrected chi connectivity index (χ4v) is 2.47. The van der Waals surface area contributed by atoms with Gasteiger partial charge in [-0.05, 0) is 23.8 Å². The van der Waals surface area contributed by atoms with E-state index in [9.17, 15) is 9.59 Å². The smallest absolute Gasteiger partial charge is 0.306 e. The van der Waals surface area contributed by atoms with Gasteiger partial charge in [-0.1, -0.05) is 6.07 Å². The molecule has 0 saturated carbocycles. The lowest BCUT2D eigenvalue weighted by Gasteiger charge is -2.31. The first-order valence-corrected chi connectivity index (χ1v) is 7.56. The van der Waals surface area contributed by atoms with Gasteiger partial charge in [0.15, 0.2) is 11.5 Å². The maximum absolute atomic E-state index is 12.3. The molecule has 1 amide bonds. The highest BCUT2D eigenvalue weighted by Gasteiger charge is 2.24. The largest absolute Gasteiger partial charge is 0.493 e. The van der Waals surface area contributed by atoms with Crippen LogP contribution in [0.1, 0.15) is 12.0 Å². The Bertz CT molecular complexity index is 628. The molecule has 0 radical (unpaired) electrons. The van der Waals surface area contributed by atoms with Gasteiger partial charge in [0.2, 0.25) is 5.91 Å². The van der Waals surface area contributed by atoms with Crippen LogP contribution in [0.2, 0.25) is 0 Å². The van der Waals surface area contributed by atoms with Gasteiger partial charge in [0.05, 0.1) is 33.4 Å². The Morgan fingerprint density at radius 3 is 2.75 bits per heavy atom. The predicted molar refractivity (Wildman–Crippen MR) is 87.2 cm³/mol. The summed E-state index contributed by atoms with van der Waals surface area (Å²) in [5.41, 5.74) is 0.802. The molecule has 0 spiro atoms. The van der Waals surface area contributed by atoms with Crippen LogP contribution >= 0.6 is 0 Å². The zero-order valence-electron chi connectivity index (χ0n) is 13.7. The number of amides is 1. The highest BCUT2D eigenvalue weighted by atomic mass is 16.5. The van der Waals surface area contributed by atoms with Crippen molar-refractivity contribution in [2.24, 2.45) is 0 Å². The van der Waals surface area contributed by atoms with Gasteiger partial charge < -0.3 is 24.2 Å². The second-order valence-electron chi connectivity index (χ2n) is 5.32. The molecule has 1 aliphatic rings. The first-order chi connectivity index (χ1) is 11.5. The van der Waals surface area contributed by atoms with E-state index in [1.54, 1.807) is 37.3 Å². The monoisotopic (exact) mass is 335 g/mol. The first kappa shape index (κ1) is 17.8. The summed E-state index contributed by atoms with van der Waals surface area (Å²) in [7, 11) is 3.11. The molecule has 7 nitrogen and oxygen atoms in total. The lowest BCUT2D eigenvalue weighted by Crippen LogP contribution is -2.45. The summed E-state index contributed by atoms with van der Waals surface area (Å²) in [6.45, 7) is 1.07. The molecule has 1 saturated heterocycles. The lowest BCUT2D eigenvalue weighted by atomic mass is 10.1. The summed E-state index contributed by atoms with van der Waals surface area (Å²) in [6.07, 6.45) is 2.58. The van der Waals surface area contributed by atoms with Crippen LogP contribution in [0.15, 0.2) is 24.3 Å². The molecule has 1 heterocycles. The molecular formula is C17H21NO6. The minimum atomic E-state index is -0.935. The van der Waals surface area contributed by atoms with Crippen LogP contribution in [0, 0.1) is 0 Å². The molecule has 0 aliphatic carbocycles. The number of methoxy groups -OCH3 is 2. The Balaban J connectivity index is 2.00. The third-order valence-corrected chi connectivity index (χ3v) is 3.68. The van der Waals surface area contributed by atoms with Crippen LogP contribution in [0.3, 0.4) is 0 Å². The van der Waals surface area contributed by atoms with Crippen molar-refractivity contribution in [3.63, 3.8) is 0 Å². The van der Waals surface area contributed by atoms with E-state index >= 15 is 0 Å². The van der Waals surface area contributed by atoms with Crippen LogP contribution in [0.25, 0.3) is 6.08 Å². The number of hydrogen-bond donors (Lipinski definition) is 1. The zero-order valence-corrected chi connectivity index (χ0v) is 13.7. The number of hydrogen-bond acceptors (Lipinski definition) is 5. The van der Waals surface area contributed by atoms with E-state index in [-0.39, 0.29) is 18.9 Å². The van der Waals surface area contributed by atoms with Crippen LogP contribution < -0.4 is 9.47 Å². The Labute approximate surface area is 140 Å². The average molecular weight is 335 g/mol. The van der Waals surface area contributed by atoms with Gasteiger partial charge in [-0.2, -0.15) is 0 Å². The molecule has 7 heteroatoms. The number of benzene rings is 1. The van der Waals surface area contributed by atoms with E-state index in [2.05, 4.69) is 0 Å². The summed E-state index contributed by atoms with van der Waals surface area (Å²) in [5.74, 6) is 0.0873. The minimum Gasteiger partial charge on any atom is -0.493 e. The fraction of sp³-hybridized carbons (Fsp3) is 0.412. The van der Waals surface area contributed by atoms with Crippen molar-refractivity contribution >= 4 is 18.0 Å². The second kappa shape index (κ2) is 8.35. The maximum atomic E-state index is 12.3. The van der Waals surface area contributed by atoms with Crippen molar-refractivity contribution < 1.29 is 28.9 Å². The lowest BCUT2D eigenvalue weighted by molar-refractivity contribution is -0.145. The summed E-state index contributed by atoms with van der Waals surface area (Å²) < 4.78 is 15.8. The van der Waals surface area contributed by atoms with Crippen LogP contribution in [-0.4, -0.2) is 61.9 Å². The summed E-state index contributed by atoms with van der Waals surface area (Å²) >= 11 is 0. The Hall–Kier alpha value is -2.54. The Morgan fingerprint density at radius 2 is 2.08 bits per heavy atom. The van der Waals surface area contributed by atoms with Gasteiger partial charge in [0.1, 0.15) is 0 Å². The number of carbonyl (C=O) groups is 2. The fourth-order valence-electron chi connectivity index (χ4n) is 2.47. The molecule has 1 N–H and O–H groups in total. The van der Waals surface area contributed by atoms with E-state index in [4.69, 9.17) is 19.3 Å². The quantitative estimate of drug-likeness (QED) is 0.792. The Kier molecular flexibility index (Phi) is 6.20. The molecule has 1 aliphatic heterocycles. The third kappa shape index (κ3) is 4.73. The van der Waals surface area contributed by atoms with Gasteiger partial charge in [0, 0.05) is 19.2 Å². The van der Waals surface area contributed by atoms with Crippen molar-refractivity contribution in [2.45, 2.75) is 12.5 Å². The van der Waals surface area contributed by atoms with E-state index < -0.39 is 12.1 Å². The number of carbonyl (C=O) groups excluding carboxylic acids is 1. The third-order valence-electron chi connectivity index (χ3n) is 3.68. The second-order valence-corrected chi connectivity index (χ2v) is 5.32. The van der Waals surface area contributed by atoms with E-state index in [0.717, 1.165) is 5.56 Å². The summed E-state index contributed by atoms with van der Waals surface area (Å²) in [5, 5.41) is 8.82. The summed E-state index contributed by atoms with van der Waals surface area (Å²) in [6, 6.07) is 5.35. The number of aliphatic carboxylic acids is 1. The van der Waals surface area contributed by atoms with Gasteiger partial charge in [-0.25, -0.2) is 0 Å². The maximum Gasteiger partial charge on any atom is 0.306 e. The molecule has 1 fully saturated rings. The van der Waals surface area contributed by atoms with Gasteiger partial charge in [-0.3, -0.25) is 9.59 Å². The van der Waals surface area contributed by atoms with E-state index in [1.807, 2.05) is 6.07 Å². The minimum absolute atomic E-state index is 0.108. The normalized spacial score (nSPS) is 17.8. The van der Waals surface area contributed by atoms with Crippen molar-refractivity contribution in [2.75, 3.05) is 33.9 Å². The van der Waals surface area contributed by atoms with Crippen molar-refractivity contribution in [1.82, 2.24) is 4.90 Å². The van der Waals surface area contributed by atoms with Crippen molar-refractivity contribution in [3.05, 3.63) is 29.8 Å². The van der Waals surface area contributed by atoms with Crippen LogP contribution in [-0.2, 0) is 14.3 Å². The number of rotatable bonds is 6. The molecule has 1 atom stereocenters. The first-order valence-electron chi connectivity index (χ1n) is 7.56. The molecule has 0 aromatic heterocycles. The molecular weight excluding hydrogens is 314 g/mol.